The molecule has 0 bridgehead atoms. The van der Waals surface area contributed by atoms with Crippen molar-refractivity contribution in [3.05, 3.63) is 29.3 Å². The van der Waals surface area contributed by atoms with Crippen molar-refractivity contribution in [3.8, 4) is 5.75 Å². The minimum Gasteiger partial charge on any atom is -0.488 e. The second-order valence-electron chi connectivity index (χ2n) is 4.89. The smallest absolute Gasteiger partial charge is 0.219 e. The fraction of sp³-hybridized carbons (Fsp3) is 0.533. The van der Waals surface area contributed by atoms with Gasteiger partial charge in [0.2, 0.25) is 5.91 Å². The van der Waals surface area contributed by atoms with E-state index in [1.807, 2.05) is 6.92 Å². The predicted octanol–water partition coefficient (Wildman–Crippen LogP) is 2.15. The Labute approximate surface area is 123 Å². The molecule has 1 rings (SSSR count). The lowest BCUT2D eigenvalue weighted by Crippen LogP contribution is -2.21. The van der Waals surface area contributed by atoms with E-state index in [-0.39, 0.29) is 25.0 Å². The molecule has 3 N–H and O–H groups in total. The second kappa shape index (κ2) is 8.56. The van der Waals surface area contributed by atoms with Crippen LogP contribution in [-0.2, 0) is 11.2 Å². The van der Waals surface area contributed by atoms with Crippen LogP contribution in [0.25, 0.3) is 0 Å². The molecule has 1 aromatic rings. The molecule has 1 unspecified atom stereocenters. The van der Waals surface area contributed by atoms with E-state index >= 15 is 0 Å². The Kier molecular flexibility index (Phi) is 7.08. The molecule has 0 aliphatic carbocycles. The van der Waals surface area contributed by atoms with Crippen molar-refractivity contribution in [3.63, 3.8) is 0 Å². The van der Waals surface area contributed by atoms with Gasteiger partial charge in [-0.1, -0.05) is 6.92 Å². The van der Waals surface area contributed by atoms with Crippen LogP contribution in [0.5, 0.6) is 5.75 Å². The third-order valence-corrected chi connectivity index (χ3v) is 3.15. The van der Waals surface area contributed by atoms with Gasteiger partial charge in [-0.3, -0.25) is 4.79 Å². The van der Waals surface area contributed by atoms with Gasteiger partial charge in [-0.2, -0.15) is 0 Å². The molecule has 1 atom stereocenters. The van der Waals surface area contributed by atoms with Crippen LogP contribution in [0.1, 0.15) is 31.7 Å². The van der Waals surface area contributed by atoms with E-state index in [9.17, 15) is 13.6 Å². The van der Waals surface area contributed by atoms with E-state index in [4.69, 9.17) is 10.5 Å². The highest BCUT2D eigenvalue weighted by atomic mass is 19.1. The molecule has 21 heavy (non-hydrogen) atoms. The number of rotatable bonds is 8. The van der Waals surface area contributed by atoms with E-state index < -0.39 is 17.4 Å². The molecule has 0 fully saturated rings. The average molecular weight is 300 g/mol. The van der Waals surface area contributed by atoms with Crippen LogP contribution >= 0.6 is 0 Å². The van der Waals surface area contributed by atoms with Gasteiger partial charge < -0.3 is 15.8 Å². The third kappa shape index (κ3) is 5.67. The van der Waals surface area contributed by atoms with Gasteiger partial charge in [0.1, 0.15) is 0 Å². The lowest BCUT2D eigenvalue weighted by Gasteiger charge is -2.12. The zero-order valence-electron chi connectivity index (χ0n) is 12.4. The Morgan fingerprint density at radius 3 is 2.52 bits per heavy atom. The summed E-state index contributed by atoms with van der Waals surface area (Å²) in [6, 6.07) is 2.36. The van der Waals surface area contributed by atoms with Gasteiger partial charge in [0.25, 0.3) is 0 Å². The van der Waals surface area contributed by atoms with Crippen LogP contribution in [0.2, 0.25) is 0 Å². The Balaban J connectivity index is 2.61. The summed E-state index contributed by atoms with van der Waals surface area (Å²) < 4.78 is 32.8. The first-order valence-corrected chi connectivity index (χ1v) is 7.04. The molecular formula is C15H22F2N2O2. The van der Waals surface area contributed by atoms with E-state index in [2.05, 4.69) is 5.32 Å². The number of benzene rings is 1. The number of carbonyl (C=O) groups is 1. The summed E-state index contributed by atoms with van der Waals surface area (Å²) in [5.74, 6) is -2.02. The van der Waals surface area contributed by atoms with Gasteiger partial charge >= 0.3 is 0 Å². The normalized spacial score (nSPS) is 12.0. The topological polar surface area (TPSA) is 64.3 Å². The van der Waals surface area contributed by atoms with E-state index in [1.165, 1.54) is 19.2 Å². The molecule has 4 nitrogen and oxygen atoms in total. The zero-order valence-corrected chi connectivity index (χ0v) is 12.4. The first kappa shape index (κ1) is 17.4. The summed E-state index contributed by atoms with van der Waals surface area (Å²) in [7, 11) is 1.53. The minimum atomic E-state index is -0.742. The van der Waals surface area contributed by atoms with Crippen molar-refractivity contribution in [2.24, 2.45) is 5.73 Å². The molecule has 0 saturated heterocycles. The number of carbonyl (C=O) groups excluding carboxylic acids is 1. The van der Waals surface area contributed by atoms with Crippen LogP contribution in [0, 0.1) is 11.6 Å². The highest BCUT2D eigenvalue weighted by molar-refractivity contribution is 5.75. The standard InChI is InChI=1S/C15H22F2N2O2/c1-3-11(18)7-10-8-12(16)15(13(17)9-10)21-6-4-5-14(20)19-2/h8-9,11H,3-7,18H2,1-2H3,(H,19,20). The van der Waals surface area contributed by atoms with Gasteiger partial charge in [-0.25, -0.2) is 8.78 Å². The van der Waals surface area contributed by atoms with Crippen molar-refractivity contribution >= 4 is 5.91 Å². The maximum atomic E-state index is 13.8. The van der Waals surface area contributed by atoms with Crippen LogP contribution in [0.15, 0.2) is 12.1 Å². The van der Waals surface area contributed by atoms with Gasteiger partial charge in [-0.15, -0.1) is 0 Å². The summed E-state index contributed by atoms with van der Waals surface area (Å²) in [6.45, 7) is 2.00. The molecular weight excluding hydrogens is 278 g/mol. The summed E-state index contributed by atoms with van der Waals surface area (Å²) in [5.41, 5.74) is 6.28. The molecule has 0 spiro atoms. The van der Waals surface area contributed by atoms with Crippen molar-refractivity contribution in [1.29, 1.82) is 0 Å². The average Bonchev–Trinajstić information content (AvgIpc) is 2.45. The van der Waals surface area contributed by atoms with Crippen LogP contribution in [0.4, 0.5) is 8.78 Å². The van der Waals surface area contributed by atoms with Crippen molar-refractivity contribution in [2.75, 3.05) is 13.7 Å². The molecule has 0 aliphatic rings. The number of nitrogens with one attached hydrogen (secondary N) is 1. The second-order valence-corrected chi connectivity index (χ2v) is 4.89. The van der Waals surface area contributed by atoms with Gasteiger partial charge in [0.15, 0.2) is 17.4 Å². The Morgan fingerprint density at radius 2 is 2.00 bits per heavy atom. The number of hydrogen-bond donors (Lipinski definition) is 2. The van der Waals surface area contributed by atoms with E-state index in [0.717, 1.165) is 6.42 Å². The predicted molar refractivity (Wildman–Crippen MR) is 77.1 cm³/mol. The third-order valence-electron chi connectivity index (χ3n) is 3.15. The van der Waals surface area contributed by atoms with Crippen molar-refractivity contribution in [2.45, 2.75) is 38.6 Å². The summed E-state index contributed by atoms with van der Waals surface area (Å²) >= 11 is 0. The first-order chi connectivity index (χ1) is 9.97. The highest BCUT2D eigenvalue weighted by Crippen LogP contribution is 2.24. The quantitative estimate of drug-likeness (QED) is 0.723. The number of amides is 1. The molecule has 6 heteroatoms. The number of nitrogens with two attached hydrogens (primary N) is 1. The summed E-state index contributed by atoms with van der Waals surface area (Å²) in [4.78, 5) is 11.0. The van der Waals surface area contributed by atoms with Gasteiger partial charge in [0.05, 0.1) is 6.61 Å². The van der Waals surface area contributed by atoms with Crippen molar-refractivity contribution in [1.82, 2.24) is 5.32 Å². The Bertz CT molecular complexity index is 458. The zero-order chi connectivity index (χ0) is 15.8. The van der Waals surface area contributed by atoms with E-state index in [0.29, 0.717) is 18.4 Å². The molecule has 0 saturated carbocycles. The number of halogens is 2. The SMILES string of the molecule is CCC(N)Cc1cc(F)c(OCCCC(=O)NC)c(F)c1. The molecule has 0 aromatic heterocycles. The lowest BCUT2D eigenvalue weighted by atomic mass is 10.0. The molecule has 0 radical (unpaired) electrons. The monoisotopic (exact) mass is 300 g/mol. The largest absolute Gasteiger partial charge is 0.488 e. The first-order valence-electron chi connectivity index (χ1n) is 7.04. The summed E-state index contributed by atoms with van der Waals surface area (Å²) in [5, 5.41) is 2.46. The molecule has 1 amide bonds. The maximum Gasteiger partial charge on any atom is 0.219 e. The lowest BCUT2D eigenvalue weighted by molar-refractivity contribution is -0.120. The molecule has 0 heterocycles. The van der Waals surface area contributed by atoms with Gasteiger partial charge in [0, 0.05) is 19.5 Å². The van der Waals surface area contributed by atoms with Gasteiger partial charge in [-0.05, 0) is 37.0 Å². The van der Waals surface area contributed by atoms with Crippen molar-refractivity contribution < 1.29 is 18.3 Å². The van der Waals surface area contributed by atoms with Crippen LogP contribution in [0.3, 0.4) is 0 Å². The van der Waals surface area contributed by atoms with E-state index in [1.54, 1.807) is 0 Å². The van der Waals surface area contributed by atoms with Crippen LogP contribution < -0.4 is 15.8 Å². The summed E-state index contributed by atoms with van der Waals surface area (Å²) in [6.07, 6.45) is 1.80. The number of hydrogen-bond acceptors (Lipinski definition) is 3. The maximum absolute atomic E-state index is 13.8. The molecule has 118 valence electrons. The fourth-order valence-electron chi connectivity index (χ4n) is 1.85. The fourth-order valence-corrected chi connectivity index (χ4v) is 1.85. The number of ether oxygens (including phenoxy) is 1. The molecule has 0 aliphatic heterocycles. The Hall–Kier alpha value is -1.69. The van der Waals surface area contributed by atoms with Crippen LogP contribution in [-0.4, -0.2) is 25.6 Å². The Morgan fingerprint density at radius 1 is 1.38 bits per heavy atom. The highest BCUT2D eigenvalue weighted by Gasteiger charge is 2.14. The minimum absolute atomic E-state index is 0.0785. The molecule has 1 aromatic carbocycles.